The molecule has 0 aromatic heterocycles. The van der Waals surface area contributed by atoms with E-state index in [-0.39, 0.29) is 11.3 Å². The summed E-state index contributed by atoms with van der Waals surface area (Å²) in [5.41, 5.74) is 2.06. The highest BCUT2D eigenvalue weighted by Gasteiger charge is 2.47. The molecule has 0 N–H and O–H groups in total. The Morgan fingerprint density at radius 2 is 1.94 bits per heavy atom. The van der Waals surface area contributed by atoms with E-state index in [1.165, 1.54) is 24.8 Å². The quantitative estimate of drug-likeness (QED) is 0.649. The van der Waals surface area contributed by atoms with Gasteiger partial charge >= 0.3 is 0 Å². The van der Waals surface area contributed by atoms with Crippen molar-refractivity contribution in [1.29, 1.82) is 0 Å². The normalized spacial score (nSPS) is 38.6. The third kappa shape index (κ3) is 1.65. The molecule has 0 aromatic rings. The highest BCUT2D eigenvalue weighted by molar-refractivity contribution is 5.93. The Kier molecular flexibility index (Phi) is 2.76. The Hall–Kier alpha value is -0.590. The standard InChI is InChI=1S/C15H24O/c1-11-6-7-12(10-13(11)16)15(4)9-5-8-14(15,2)3/h10-11H,5-9H2,1-4H3/t11?,15-/m1/s1. The molecule has 16 heavy (non-hydrogen) atoms. The molecule has 0 aromatic carbocycles. The largest absolute Gasteiger partial charge is 0.295 e. The molecule has 0 heterocycles. The lowest BCUT2D eigenvalue weighted by Crippen LogP contribution is -2.34. The first-order valence-electron chi connectivity index (χ1n) is 6.62. The van der Waals surface area contributed by atoms with Crippen LogP contribution < -0.4 is 0 Å². The lowest BCUT2D eigenvalue weighted by Gasteiger charge is -2.42. The zero-order valence-electron chi connectivity index (χ0n) is 11.1. The second-order valence-electron chi connectivity index (χ2n) is 6.58. The molecular weight excluding hydrogens is 196 g/mol. The van der Waals surface area contributed by atoms with Gasteiger partial charge in [0.15, 0.2) is 5.78 Å². The van der Waals surface area contributed by atoms with Crippen LogP contribution in [-0.4, -0.2) is 5.78 Å². The molecule has 0 bridgehead atoms. The first kappa shape index (κ1) is 11.9. The molecule has 0 aliphatic heterocycles. The smallest absolute Gasteiger partial charge is 0.158 e. The van der Waals surface area contributed by atoms with Gasteiger partial charge in [0.2, 0.25) is 0 Å². The van der Waals surface area contributed by atoms with Crippen LogP contribution in [0.5, 0.6) is 0 Å². The van der Waals surface area contributed by atoms with Crippen molar-refractivity contribution < 1.29 is 4.79 Å². The fraction of sp³-hybridized carbons (Fsp3) is 0.800. The van der Waals surface area contributed by atoms with E-state index in [2.05, 4.69) is 27.7 Å². The second-order valence-corrected chi connectivity index (χ2v) is 6.58. The van der Waals surface area contributed by atoms with Crippen LogP contribution in [0.1, 0.15) is 59.8 Å². The molecule has 0 saturated heterocycles. The van der Waals surface area contributed by atoms with Gasteiger partial charge in [0.25, 0.3) is 0 Å². The van der Waals surface area contributed by atoms with Crippen molar-refractivity contribution in [3.05, 3.63) is 11.6 Å². The minimum atomic E-state index is 0.247. The molecule has 2 aliphatic rings. The summed E-state index contributed by atoms with van der Waals surface area (Å²) in [6, 6.07) is 0. The minimum absolute atomic E-state index is 0.247. The molecule has 0 amide bonds. The average Bonchev–Trinajstić information content (AvgIpc) is 2.47. The second kappa shape index (κ2) is 3.72. The summed E-state index contributed by atoms with van der Waals surface area (Å²) < 4.78 is 0. The van der Waals surface area contributed by atoms with Gasteiger partial charge in [-0.1, -0.05) is 39.7 Å². The summed E-state index contributed by atoms with van der Waals surface area (Å²) in [5.74, 6) is 0.599. The molecule has 1 nitrogen and oxygen atoms in total. The van der Waals surface area contributed by atoms with Crippen LogP contribution in [0.2, 0.25) is 0 Å². The highest BCUT2D eigenvalue weighted by Crippen LogP contribution is 2.58. The van der Waals surface area contributed by atoms with Crippen LogP contribution in [0.25, 0.3) is 0 Å². The number of carbonyl (C=O) groups is 1. The fourth-order valence-electron chi connectivity index (χ4n) is 3.43. The van der Waals surface area contributed by atoms with Crippen LogP contribution in [0, 0.1) is 16.7 Å². The van der Waals surface area contributed by atoms with Crippen molar-refractivity contribution in [3.63, 3.8) is 0 Å². The van der Waals surface area contributed by atoms with Crippen LogP contribution in [0.4, 0.5) is 0 Å². The SMILES string of the molecule is CC1CCC([C@@]2(C)CCCC2(C)C)=CC1=O. The molecule has 90 valence electrons. The summed E-state index contributed by atoms with van der Waals surface area (Å²) in [7, 11) is 0. The van der Waals surface area contributed by atoms with Crippen molar-refractivity contribution in [1.82, 2.24) is 0 Å². The van der Waals surface area contributed by atoms with Gasteiger partial charge in [-0.15, -0.1) is 0 Å². The van der Waals surface area contributed by atoms with Crippen LogP contribution in [0.3, 0.4) is 0 Å². The van der Waals surface area contributed by atoms with Gasteiger partial charge in [0.05, 0.1) is 0 Å². The van der Waals surface area contributed by atoms with Gasteiger partial charge in [-0.25, -0.2) is 0 Å². The van der Waals surface area contributed by atoms with Crippen molar-refractivity contribution in [3.8, 4) is 0 Å². The molecule has 0 spiro atoms. The first-order chi connectivity index (χ1) is 7.37. The van der Waals surface area contributed by atoms with E-state index < -0.39 is 0 Å². The zero-order valence-corrected chi connectivity index (χ0v) is 11.1. The van der Waals surface area contributed by atoms with E-state index in [0.29, 0.717) is 11.2 Å². The molecule has 1 unspecified atom stereocenters. The lowest BCUT2D eigenvalue weighted by molar-refractivity contribution is -0.118. The molecule has 1 fully saturated rings. The lowest BCUT2D eigenvalue weighted by atomic mass is 9.62. The maximum absolute atomic E-state index is 11.8. The first-order valence-corrected chi connectivity index (χ1v) is 6.62. The van der Waals surface area contributed by atoms with Crippen LogP contribution in [0.15, 0.2) is 11.6 Å². The van der Waals surface area contributed by atoms with E-state index in [1.54, 1.807) is 0 Å². The molecule has 0 radical (unpaired) electrons. The van der Waals surface area contributed by atoms with E-state index in [9.17, 15) is 4.79 Å². The maximum atomic E-state index is 11.8. The van der Waals surface area contributed by atoms with Crippen molar-refractivity contribution in [2.45, 2.75) is 59.8 Å². The average molecular weight is 220 g/mol. The van der Waals surface area contributed by atoms with Gasteiger partial charge in [-0.3, -0.25) is 4.79 Å². The summed E-state index contributed by atoms with van der Waals surface area (Å²) in [5, 5.41) is 0. The van der Waals surface area contributed by atoms with Crippen molar-refractivity contribution >= 4 is 5.78 Å². The van der Waals surface area contributed by atoms with Gasteiger partial charge in [0, 0.05) is 5.92 Å². The van der Waals surface area contributed by atoms with Crippen LogP contribution in [-0.2, 0) is 4.79 Å². The summed E-state index contributed by atoms with van der Waals surface area (Å²) >= 11 is 0. The fourth-order valence-corrected chi connectivity index (χ4v) is 3.43. The number of allylic oxidation sites excluding steroid dienone is 2. The maximum Gasteiger partial charge on any atom is 0.158 e. The third-order valence-corrected chi connectivity index (χ3v) is 5.33. The third-order valence-electron chi connectivity index (χ3n) is 5.33. The van der Waals surface area contributed by atoms with Crippen molar-refractivity contribution in [2.24, 2.45) is 16.7 Å². The molecule has 2 rings (SSSR count). The van der Waals surface area contributed by atoms with Crippen molar-refractivity contribution in [2.75, 3.05) is 0 Å². The monoisotopic (exact) mass is 220 g/mol. The molecule has 1 heteroatoms. The Balaban J connectivity index is 2.32. The predicted octanol–water partition coefficient (Wildman–Crippen LogP) is 4.13. The topological polar surface area (TPSA) is 17.1 Å². The minimum Gasteiger partial charge on any atom is -0.295 e. The number of hydrogen-bond donors (Lipinski definition) is 0. The number of rotatable bonds is 1. The van der Waals surface area contributed by atoms with Gasteiger partial charge < -0.3 is 0 Å². The molecular formula is C15H24O. The summed E-state index contributed by atoms with van der Waals surface area (Å²) in [6.07, 6.45) is 8.02. The van der Waals surface area contributed by atoms with E-state index in [4.69, 9.17) is 0 Å². The Labute approximate surface area is 99.3 Å². The summed E-state index contributed by atoms with van der Waals surface area (Å²) in [6.45, 7) is 9.15. The number of ketones is 1. The highest BCUT2D eigenvalue weighted by atomic mass is 16.1. The number of carbonyl (C=O) groups excluding carboxylic acids is 1. The van der Waals surface area contributed by atoms with Gasteiger partial charge in [-0.2, -0.15) is 0 Å². The van der Waals surface area contributed by atoms with E-state index in [1.807, 2.05) is 6.08 Å². The molecule has 2 aliphatic carbocycles. The Bertz CT molecular complexity index is 337. The summed E-state index contributed by atoms with van der Waals surface area (Å²) in [4.78, 5) is 11.8. The predicted molar refractivity (Wildman–Crippen MR) is 67.2 cm³/mol. The van der Waals surface area contributed by atoms with E-state index >= 15 is 0 Å². The van der Waals surface area contributed by atoms with Gasteiger partial charge in [-0.05, 0) is 42.6 Å². The number of hydrogen-bond acceptors (Lipinski definition) is 1. The van der Waals surface area contributed by atoms with E-state index in [0.717, 1.165) is 12.8 Å². The Morgan fingerprint density at radius 1 is 1.25 bits per heavy atom. The van der Waals surface area contributed by atoms with Crippen LogP contribution >= 0.6 is 0 Å². The zero-order chi connectivity index (χ0) is 12.0. The Morgan fingerprint density at radius 3 is 2.44 bits per heavy atom. The molecule has 2 atom stereocenters. The van der Waals surface area contributed by atoms with Gasteiger partial charge in [0.1, 0.15) is 0 Å². The molecule has 1 saturated carbocycles.